The molecule has 0 aliphatic heterocycles. The van der Waals surface area contributed by atoms with Crippen LogP contribution in [-0.2, 0) is 0 Å². The number of nitrogens with one attached hydrogen (secondary N) is 1. The summed E-state index contributed by atoms with van der Waals surface area (Å²) in [7, 11) is 0. The maximum Gasteiger partial charge on any atom is 0.287 e. The maximum absolute atomic E-state index is 10.5. The van der Waals surface area contributed by atoms with Gasteiger partial charge in [0.15, 0.2) is 0 Å². The van der Waals surface area contributed by atoms with Crippen molar-refractivity contribution in [3.05, 3.63) is 70.4 Å². The summed E-state index contributed by atoms with van der Waals surface area (Å²) in [6, 6.07) is 12.7. The molecule has 1 heterocycles. The molecule has 2 rings (SSSR count). The number of rotatable bonds is 5. The van der Waals surface area contributed by atoms with Crippen LogP contribution in [0.15, 0.2) is 59.8 Å². The summed E-state index contributed by atoms with van der Waals surface area (Å²) in [5.41, 5.74) is 3.71. The molecule has 0 aliphatic rings. The monoisotopic (exact) mass is 268 g/mol. The largest absolute Gasteiger partial charge is 0.287 e. The van der Waals surface area contributed by atoms with E-state index in [1.807, 2.05) is 36.4 Å². The lowest BCUT2D eigenvalue weighted by atomic mass is 10.2. The molecule has 20 heavy (non-hydrogen) atoms. The Morgan fingerprint density at radius 1 is 1.20 bits per heavy atom. The minimum atomic E-state index is -0.497. The highest BCUT2D eigenvalue weighted by molar-refractivity contribution is 5.78. The van der Waals surface area contributed by atoms with Crippen LogP contribution < -0.4 is 5.43 Å². The standard InChI is InChI=1S/C14H12N4O2/c19-18(20)13-8-9-14(15-11-13)17-16-10-4-7-12-5-2-1-3-6-12/h1-11H,(H,15,17)/b7-4?,16-10+. The van der Waals surface area contributed by atoms with Gasteiger partial charge in [0.2, 0.25) is 0 Å². The van der Waals surface area contributed by atoms with Crippen LogP contribution >= 0.6 is 0 Å². The number of benzene rings is 1. The van der Waals surface area contributed by atoms with Crippen LogP contribution in [0.2, 0.25) is 0 Å². The lowest BCUT2D eigenvalue weighted by Crippen LogP contribution is -1.94. The van der Waals surface area contributed by atoms with Crippen LogP contribution in [0.1, 0.15) is 5.56 Å². The van der Waals surface area contributed by atoms with Crippen LogP contribution in [0.4, 0.5) is 11.5 Å². The van der Waals surface area contributed by atoms with Gasteiger partial charge in [-0.1, -0.05) is 36.4 Å². The van der Waals surface area contributed by atoms with Crippen LogP contribution in [-0.4, -0.2) is 16.1 Å². The van der Waals surface area contributed by atoms with Gasteiger partial charge in [-0.05, 0) is 17.7 Å². The lowest BCUT2D eigenvalue weighted by Gasteiger charge is -1.96. The predicted octanol–water partition coefficient (Wildman–Crippen LogP) is 3.10. The fraction of sp³-hybridized carbons (Fsp3) is 0. The van der Waals surface area contributed by atoms with E-state index in [2.05, 4.69) is 15.5 Å². The molecule has 0 bridgehead atoms. The number of hydrogen-bond donors (Lipinski definition) is 1. The number of nitro groups is 1. The molecule has 1 aromatic heterocycles. The first-order valence-corrected chi connectivity index (χ1v) is 5.87. The van der Waals surface area contributed by atoms with Gasteiger partial charge in [-0.15, -0.1) is 0 Å². The Hall–Kier alpha value is -3.02. The van der Waals surface area contributed by atoms with Crippen LogP contribution in [0.5, 0.6) is 0 Å². The van der Waals surface area contributed by atoms with Crippen LogP contribution in [0.25, 0.3) is 6.08 Å². The van der Waals surface area contributed by atoms with Crippen molar-refractivity contribution in [3.63, 3.8) is 0 Å². The fourth-order valence-electron chi connectivity index (χ4n) is 1.42. The average Bonchev–Trinajstić information content (AvgIpc) is 2.48. The van der Waals surface area contributed by atoms with Crippen molar-refractivity contribution >= 4 is 23.8 Å². The van der Waals surface area contributed by atoms with E-state index in [1.165, 1.54) is 18.3 Å². The number of hydrazone groups is 1. The summed E-state index contributed by atoms with van der Waals surface area (Å²) in [5, 5.41) is 14.4. The third-order valence-corrected chi connectivity index (χ3v) is 2.39. The molecule has 0 amide bonds. The van der Waals surface area contributed by atoms with Gasteiger partial charge >= 0.3 is 0 Å². The summed E-state index contributed by atoms with van der Waals surface area (Å²) < 4.78 is 0. The molecule has 0 atom stereocenters. The minimum Gasteiger partial charge on any atom is -0.261 e. The van der Waals surface area contributed by atoms with E-state index in [1.54, 1.807) is 12.3 Å². The van der Waals surface area contributed by atoms with Gasteiger partial charge in [0.05, 0.1) is 4.92 Å². The van der Waals surface area contributed by atoms with E-state index >= 15 is 0 Å². The van der Waals surface area contributed by atoms with Gasteiger partial charge in [0, 0.05) is 12.3 Å². The Balaban J connectivity index is 1.87. The molecule has 0 radical (unpaired) electrons. The summed E-state index contributed by atoms with van der Waals surface area (Å²) in [6.45, 7) is 0. The highest BCUT2D eigenvalue weighted by atomic mass is 16.6. The summed E-state index contributed by atoms with van der Waals surface area (Å²) in [4.78, 5) is 13.8. The second-order valence-corrected chi connectivity index (χ2v) is 3.82. The third kappa shape index (κ3) is 4.02. The van der Waals surface area contributed by atoms with Crippen molar-refractivity contribution < 1.29 is 4.92 Å². The molecule has 0 spiro atoms. The Labute approximate surface area is 115 Å². The van der Waals surface area contributed by atoms with Crippen LogP contribution in [0.3, 0.4) is 0 Å². The summed E-state index contributed by atoms with van der Waals surface area (Å²) in [5.74, 6) is 0.444. The number of aromatic nitrogens is 1. The Bertz CT molecular complexity index is 621. The summed E-state index contributed by atoms with van der Waals surface area (Å²) >= 11 is 0. The molecule has 100 valence electrons. The zero-order valence-corrected chi connectivity index (χ0v) is 10.5. The molecule has 0 saturated heterocycles. The lowest BCUT2D eigenvalue weighted by molar-refractivity contribution is -0.385. The van der Waals surface area contributed by atoms with E-state index in [-0.39, 0.29) is 5.69 Å². The topological polar surface area (TPSA) is 80.4 Å². The number of allylic oxidation sites excluding steroid dienone is 1. The Kier molecular flexibility index (Phi) is 4.55. The first-order valence-electron chi connectivity index (χ1n) is 5.87. The van der Waals surface area contributed by atoms with Gasteiger partial charge in [-0.2, -0.15) is 5.10 Å². The van der Waals surface area contributed by atoms with Crippen molar-refractivity contribution in [2.45, 2.75) is 0 Å². The van der Waals surface area contributed by atoms with E-state index < -0.39 is 4.92 Å². The first-order chi connectivity index (χ1) is 9.75. The van der Waals surface area contributed by atoms with E-state index in [0.29, 0.717) is 5.82 Å². The molecule has 0 fully saturated rings. The Morgan fingerprint density at radius 2 is 2.00 bits per heavy atom. The van der Waals surface area contributed by atoms with Gasteiger partial charge in [0.25, 0.3) is 5.69 Å². The fourth-order valence-corrected chi connectivity index (χ4v) is 1.42. The van der Waals surface area contributed by atoms with Crippen LogP contribution in [0, 0.1) is 10.1 Å². The van der Waals surface area contributed by atoms with E-state index in [9.17, 15) is 10.1 Å². The van der Waals surface area contributed by atoms with E-state index in [0.717, 1.165) is 5.56 Å². The average molecular weight is 268 g/mol. The van der Waals surface area contributed by atoms with Crippen molar-refractivity contribution in [2.75, 3.05) is 5.43 Å². The third-order valence-electron chi connectivity index (χ3n) is 2.39. The van der Waals surface area contributed by atoms with Gasteiger partial charge < -0.3 is 0 Å². The number of anilines is 1. The molecule has 0 aliphatic carbocycles. The predicted molar refractivity (Wildman–Crippen MR) is 78.5 cm³/mol. The molecular weight excluding hydrogens is 256 g/mol. The molecular formula is C14H12N4O2. The highest BCUT2D eigenvalue weighted by Crippen LogP contribution is 2.11. The summed E-state index contributed by atoms with van der Waals surface area (Å²) in [6.07, 6.45) is 6.45. The Morgan fingerprint density at radius 3 is 2.65 bits per heavy atom. The smallest absolute Gasteiger partial charge is 0.261 e. The second kappa shape index (κ2) is 6.79. The molecule has 2 aromatic rings. The number of pyridine rings is 1. The normalized spacial score (nSPS) is 11.0. The molecule has 1 N–H and O–H groups in total. The second-order valence-electron chi connectivity index (χ2n) is 3.82. The number of nitrogens with zero attached hydrogens (tertiary/aromatic N) is 3. The zero-order valence-electron chi connectivity index (χ0n) is 10.5. The highest BCUT2D eigenvalue weighted by Gasteiger charge is 2.03. The van der Waals surface area contributed by atoms with Crippen molar-refractivity contribution in [3.8, 4) is 0 Å². The molecule has 1 aromatic carbocycles. The number of hydrogen-bond acceptors (Lipinski definition) is 5. The van der Waals surface area contributed by atoms with E-state index in [4.69, 9.17) is 0 Å². The van der Waals surface area contributed by atoms with Crippen molar-refractivity contribution in [1.29, 1.82) is 0 Å². The molecule has 6 nitrogen and oxygen atoms in total. The zero-order chi connectivity index (χ0) is 14.2. The SMILES string of the molecule is O=[N+]([O-])c1ccc(N/N=C/C=Cc2ccccc2)nc1. The maximum atomic E-state index is 10.5. The van der Waals surface area contributed by atoms with Crippen molar-refractivity contribution in [2.24, 2.45) is 5.10 Å². The molecule has 0 saturated carbocycles. The minimum absolute atomic E-state index is 0.0523. The van der Waals surface area contributed by atoms with Gasteiger partial charge in [-0.3, -0.25) is 15.5 Å². The van der Waals surface area contributed by atoms with Gasteiger partial charge in [-0.25, -0.2) is 4.98 Å². The molecule has 6 heteroatoms. The quantitative estimate of drug-likeness (QED) is 0.513. The first kappa shape index (κ1) is 13.4. The van der Waals surface area contributed by atoms with Gasteiger partial charge in [0.1, 0.15) is 12.0 Å². The molecule has 0 unspecified atom stereocenters. The van der Waals surface area contributed by atoms with Crippen molar-refractivity contribution in [1.82, 2.24) is 4.98 Å².